The van der Waals surface area contributed by atoms with E-state index >= 15 is 0 Å². The summed E-state index contributed by atoms with van der Waals surface area (Å²) in [7, 11) is 0. The van der Waals surface area contributed by atoms with Gasteiger partial charge in [0.1, 0.15) is 0 Å². The molecule has 0 saturated heterocycles. The lowest BCUT2D eigenvalue weighted by atomic mass is 10.0. The Hall–Kier alpha value is -0.290. The average molecular weight is 240 g/mol. The number of nitrogens with two attached hydrogens (primary N) is 1. The Labute approximate surface area is 96.0 Å². The van der Waals surface area contributed by atoms with E-state index < -0.39 is 12.7 Å². The van der Waals surface area contributed by atoms with Gasteiger partial charge < -0.3 is 5.73 Å². The molecule has 0 aromatic heterocycles. The summed E-state index contributed by atoms with van der Waals surface area (Å²) in [5.74, 6) is 0.162. The molecule has 0 spiro atoms. The molecule has 0 aromatic carbocycles. The zero-order valence-electron chi connectivity index (χ0n) is 10.3. The highest BCUT2D eigenvalue weighted by molar-refractivity contribution is 4.72. The number of rotatable bonds is 7. The van der Waals surface area contributed by atoms with Crippen LogP contribution in [-0.4, -0.2) is 36.8 Å². The molecule has 16 heavy (non-hydrogen) atoms. The lowest BCUT2D eigenvalue weighted by Gasteiger charge is -2.30. The molecule has 0 fully saturated rings. The summed E-state index contributed by atoms with van der Waals surface area (Å²) in [6.45, 7) is 5.63. The molecule has 98 valence electrons. The first-order chi connectivity index (χ1) is 7.30. The van der Waals surface area contributed by atoms with Crippen molar-refractivity contribution in [1.29, 1.82) is 0 Å². The summed E-state index contributed by atoms with van der Waals surface area (Å²) in [4.78, 5) is 1.45. The van der Waals surface area contributed by atoms with Crippen LogP contribution in [0.3, 0.4) is 0 Å². The van der Waals surface area contributed by atoms with Crippen molar-refractivity contribution in [3.05, 3.63) is 0 Å². The molecule has 0 bridgehead atoms. The standard InChI is InChI=1S/C11H23F3N2/c1-4-5-10(6-15)7-16(9(2)3)8-11(12,13)14/h9-10H,4-8,15H2,1-3H3. The molecule has 0 aliphatic rings. The van der Waals surface area contributed by atoms with Crippen molar-refractivity contribution in [2.45, 2.75) is 45.8 Å². The van der Waals surface area contributed by atoms with Gasteiger partial charge in [0, 0.05) is 12.6 Å². The third-order valence-electron chi connectivity index (χ3n) is 2.64. The number of hydrogen-bond acceptors (Lipinski definition) is 2. The van der Waals surface area contributed by atoms with Crippen molar-refractivity contribution >= 4 is 0 Å². The molecule has 0 aliphatic carbocycles. The SMILES string of the molecule is CCCC(CN)CN(CC(F)(F)F)C(C)C. The van der Waals surface area contributed by atoms with Crippen LogP contribution in [0.25, 0.3) is 0 Å². The highest BCUT2D eigenvalue weighted by Crippen LogP contribution is 2.19. The van der Waals surface area contributed by atoms with Gasteiger partial charge in [0.2, 0.25) is 0 Å². The maximum absolute atomic E-state index is 12.3. The van der Waals surface area contributed by atoms with E-state index in [-0.39, 0.29) is 12.0 Å². The van der Waals surface area contributed by atoms with Crippen LogP contribution in [0.2, 0.25) is 0 Å². The van der Waals surface area contributed by atoms with E-state index in [1.807, 2.05) is 6.92 Å². The second-order valence-corrected chi connectivity index (χ2v) is 4.53. The molecular formula is C11H23F3N2. The van der Waals surface area contributed by atoms with Crippen molar-refractivity contribution in [3.63, 3.8) is 0 Å². The second kappa shape index (κ2) is 7.12. The third-order valence-corrected chi connectivity index (χ3v) is 2.64. The summed E-state index contributed by atoms with van der Waals surface area (Å²) in [5.41, 5.74) is 5.56. The van der Waals surface area contributed by atoms with Crippen LogP contribution < -0.4 is 5.73 Å². The average Bonchev–Trinajstić information content (AvgIpc) is 2.13. The summed E-state index contributed by atoms with van der Waals surface area (Å²) in [6, 6.07) is -0.104. The molecule has 0 saturated carbocycles. The molecule has 0 amide bonds. The molecule has 2 nitrogen and oxygen atoms in total. The zero-order chi connectivity index (χ0) is 12.8. The van der Waals surface area contributed by atoms with E-state index in [1.54, 1.807) is 13.8 Å². The Morgan fingerprint density at radius 1 is 1.25 bits per heavy atom. The lowest BCUT2D eigenvalue weighted by molar-refractivity contribution is -0.150. The smallest absolute Gasteiger partial charge is 0.330 e. The van der Waals surface area contributed by atoms with Crippen LogP contribution in [0, 0.1) is 5.92 Å². The summed E-state index contributed by atoms with van der Waals surface area (Å²) in [5, 5.41) is 0. The fourth-order valence-electron chi connectivity index (χ4n) is 1.71. The number of nitrogens with zero attached hydrogens (tertiary/aromatic N) is 1. The Balaban J connectivity index is 4.31. The first kappa shape index (κ1) is 15.7. The van der Waals surface area contributed by atoms with Gasteiger partial charge in [-0.2, -0.15) is 13.2 Å². The molecular weight excluding hydrogens is 217 g/mol. The van der Waals surface area contributed by atoms with Gasteiger partial charge in [0.25, 0.3) is 0 Å². The predicted octanol–water partition coefficient (Wildman–Crippen LogP) is 2.63. The minimum absolute atomic E-state index is 0.104. The molecule has 2 N–H and O–H groups in total. The van der Waals surface area contributed by atoms with Crippen molar-refractivity contribution in [1.82, 2.24) is 4.90 Å². The first-order valence-electron chi connectivity index (χ1n) is 5.81. The Bertz CT molecular complexity index is 181. The van der Waals surface area contributed by atoms with E-state index in [0.29, 0.717) is 13.1 Å². The van der Waals surface area contributed by atoms with E-state index in [0.717, 1.165) is 12.8 Å². The van der Waals surface area contributed by atoms with Gasteiger partial charge in [-0.05, 0) is 32.7 Å². The van der Waals surface area contributed by atoms with Crippen molar-refractivity contribution in [2.75, 3.05) is 19.6 Å². The van der Waals surface area contributed by atoms with Crippen LogP contribution in [0.1, 0.15) is 33.6 Å². The molecule has 0 aromatic rings. The van der Waals surface area contributed by atoms with Gasteiger partial charge in [0.15, 0.2) is 0 Å². The van der Waals surface area contributed by atoms with E-state index in [9.17, 15) is 13.2 Å². The predicted molar refractivity (Wildman–Crippen MR) is 60.2 cm³/mol. The fraction of sp³-hybridized carbons (Fsp3) is 1.00. The topological polar surface area (TPSA) is 29.3 Å². The van der Waals surface area contributed by atoms with Crippen LogP contribution >= 0.6 is 0 Å². The normalized spacial score (nSPS) is 14.8. The highest BCUT2D eigenvalue weighted by Gasteiger charge is 2.32. The first-order valence-corrected chi connectivity index (χ1v) is 5.81. The molecule has 0 radical (unpaired) electrons. The summed E-state index contributed by atoms with van der Waals surface area (Å²) < 4.78 is 37.0. The summed E-state index contributed by atoms with van der Waals surface area (Å²) in [6.07, 6.45) is -2.28. The van der Waals surface area contributed by atoms with Crippen LogP contribution in [0.15, 0.2) is 0 Å². The van der Waals surface area contributed by atoms with Crippen LogP contribution in [-0.2, 0) is 0 Å². The summed E-state index contributed by atoms with van der Waals surface area (Å²) >= 11 is 0. The van der Waals surface area contributed by atoms with E-state index in [1.165, 1.54) is 4.90 Å². The van der Waals surface area contributed by atoms with E-state index in [4.69, 9.17) is 5.73 Å². The number of halogens is 3. The van der Waals surface area contributed by atoms with Crippen LogP contribution in [0.4, 0.5) is 13.2 Å². The van der Waals surface area contributed by atoms with Crippen molar-refractivity contribution in [3.8, 4) is 0 Å². The van der Waals surface area contributed by atoms with Crippen molar-refractivity contribution in [2.24, 2.45) is 11.7 Å². The number of hydrogen-bond donors (Lipinski definition) is 1. The van der Waals surface area contributed by atoms with Gasteiger partial charge in [-0.3, -0.25) is 4.90 Å². The van der Waals surface area contributed by atoms with Gasteiger partial charge in [0.05, 0.1) is 6.54 Å². The fourth-order valence-corrected chi connectivity index (χ4v) is 1.71. The molecule has 1 atom stereocenters. The monoisotopic (exact) mass is 240 g/mol. The Morgan fingerprint density at radius 2 is 1.81 bits per heavy atom. The van der Waals surface area contributed by atoms with Crippen LogP contribution in [0.5, 0.6) is 0 Å². The third kappa shape index (κ3) is 7.06. The molecule has 0 heterocycles. The molecule has 5 heteroatoms. The van der Waals surface area contributed by atoms with Gasteiger partial charge in [-0.25, -0.2) is 0 Å². The zero-order valence-corrected chi connectivity index (χ0v) is 10.3. The van der Waals surface area contributed by atoms with Gasteiger partial charge in [-0.15, -0.1) is 0 Å². The number of alkyl halides is 3. The Morgan fingerprint density at radius 3 is 2.12 bits per heavy atom. The molecule has 0 rings (SSSR count). The van der Waals surface area contributed by atoms with Crippen molar-refractivity contribution < 1.29 is 13.2 Å². The Kier molecular flexibility index (Phi) is 6.99. The minimum Gasteiger partial charge on any atom is -0.330 e. The molecule has 0 aliphatic heterocycles. The molecule has 1 unspecified atom stereocenters. The van der Waals surface area contributed by atoms with Gasteiger partial charge in [-0.1, -0.05) is 13.3 Å². The maximum Gasteiger partial charge on any atom is 0.401 e. The van der Waals surface area contributed by atoms with E-state index in [2.05, 4.69) is 0 Å². The quantitative estimate of drug-likeness (QED) is 0.741. The van der Waals surface area contributed by atoms with Gasteiger partial charge >= 0.3 is 6.18 Å². The second-order valence-electron chi connectivity index (χ2n) is 4.53. The minimum atomic E-state index is -4.13. The highest BCUT2D eigenvalue weighted by atomic mass is 19.4. The largest absolute Gasteiger partial charge is 0.401 e. The lowest BCUT2D eigenvalue weighted by Crippen LogP contribution is -2.43. The maximum atomic E-state index is 12.3.